The number of carboxylic acid groups (broad SMARTS) is 1. The molecule has 44 heteroatoms. The van der Waals surface area contributed by atoms with Crippen LogP contribution in [-0.2, 0) is 122 Å². The summed E-state index contributed by atoms with van der Waals surface area (Å²) in [5.74, 6) is -16.7. The minimum absolute atomic E-state index is 0.0230. The topological polar surface area (TPSA) is 546 Å². The lowest BCUT2D eigenvalue weighted by Crippen LogP contribution is -2.62. The van der Waals surface area contributed by atoms with Gasteiger partial charge in [0.05, 0.1) is 40.3 Å². The number of aromatic amines is 3. The molecule has 0 saturated carbocycles. The predicted octanol–water partition coefficient (Wildman–Crippen LogP) is 3.93. The Kier molecular flexibility index (Phi) is 36.2. The van der Waals surface area contributed by atoms with Crippen LogP contribution in [0, 0.1) is 17.8 Å². The summed E-state index contributed by atoms with van der Waals surface area (Å²) in [5, 5.41) is 52.8. The molecule has 16 N–H and O–H groups in total. The number of carbonyl (C=O) groups is 15. The number of rotatable bonds is 45. The third kappa shape index (κ3) is 27.9. The number of fused-ring (bicyclic) bond motifs is 3. The van der Waals surface area contributed by atoms with E-state index in [1.165, 1.54) is 68.4 Å². The van der Waals surface area contributed by atoms with E-state index in [-0.39, 0.29) is 44.2 Å². The first-order valence-electron chi connectivity index (χ1n) is 44.1. The molecule has 0 aliphatic carbocycles. The Labute approximate surface area is 789 Å². The predicted molar refractivity (Wildman–Crippen MR) is 498 cm³/mol. The Hall–Kier alpha value is -13.5. The van der Waals surface area contributed by atoms with E-state index in [0.29, 0.717) is 85.8 Å². The SMILES string of the molecule is CC[C@H](C)[C@H](NC(=O)[C@H](Cc1cscn1)N(C)C(=O)[C@H](C)NC(C)=O)C(=O)N1CCC[C@H]1C(=O)NC(C(=O)N[C@H](Cc1c[nH]c2ccccc12)C(=O)N[C@H](Cc1c[nH]c2ccccc12)C(=O)N[C@H](Cc1ccc(C(F)(F)F)cc1)C(=O)N[C@@H](CCS(C)(=O)=O)C(=O)N[C@@H](C(=O)NC(=O)N[C@@H](Cc1c[nH]c2ccccc12)C(=O)N(C)[C@@H](Cc1cscn1)C(=O)N[C@@H](CO)C(=O)O)C(C)C)C(C)C. The molecule has 14 atom stereocenters. The summed E-state index contributed by atoms with van der Waals surface area (Å²) in [5.41, 5.74) is 5.79. The Balaban J connectivity index is 0.920. The largest absolute Gasteiger partial charge is 0.480 e. The number of likely N-dealkylation sites (tertiary alicyclic amines) is 1. The summed E-state index contributed by atoms with van der Waals surface area (Å²) >= 11 is 2.42. The molecule has 4 aromatic carbocycles. The number of sulfone groups is 1. The van der Waals surface area contributed by atoms with E-state index in [1.54, 1.807) is 135 Å². The van der Waals surface area contributed by atoms with Gasteiger partial charge in [0.2, 0.25) is 70.9 Å². The van der Waals surface area contributed by atoms with Gasteiger partial charge in [0.15, 0.2) is 0 Å². The molecule has 730 valence electrons. The number of carbonyl (C=O) groups excluding carboxylic acids is 14. The van der Waals surface area contributed by atoms with Gasteiger partial charge in [-0.1, -0.05) is 115 Å². The Morgan fingerprint density at radius 2 is 0.956 bits per heavy atom. The van der Waals surface area contributed by atoms with Crippen molar-refractivity contribution in [3.63, 3.8) is 0 Å². The number of nitrogens with one attached hydrogen (secondary N) is 14. The number of imide groups is 1. The Bertz CT molecular complexity index is 5910. The highest BCUT2D eigenvalue weighted by atomic mass is 32.2. The lowest BCUT2D eigenvalue weighted by molar-refractivity contribution is -0.145. The van der Waals surface area contributed by atoms with Crippen molar-refractivity contribution in [1.82, 2.24) is 98.1 Å². The molecule has 1 fully saturated rings. The summed E-state index contributed by atoms with van der Waals surface area (Å²) in [6.45, 7) is 11.4. The maximum atomic E-state index is 15.8. The average molecular weight is 1940 g/mol. The number of alkyl halides is 3. The highest BCUT2D eigenvalue weighted by Crippen LogP contribution is 2.31. The molecule has 1 aliphatic heterocycles. The van der Waals surface area contributed by atoms with Gasteiger partial charge >= 0.3 is 18.2 Å². The van der Waals surface area contributed by atoms with Crippen molar-refractivity contribution in [2.75, 3.05) is 39.3 Å². The molecule has 15 amide bonds. The summed E-state index contributed by atoms with van der Waals surface area (Å²) < 4.78 is 68.9. The third-order valence-electron chi connectivity index (χ3n) is 23.9. The first-order chi connectivity index (χ1) is 64.4. The Morgan fingerprint density at radius 1 is 0.522 bits per heavy atom. The lowest BCUT2D eigenvalue weighted by Gasteiger charge is -2.35. The van der Waals surface area contributed by atoms with Gasteiger partial charge < -0.3 is 93.0 Å². The molecule has 10 rings (SSSR count). The molecular weight excluding hydrogens is 1830 g/mol. The van der Waals surface area contributed by atoms with E-state index in [9.17, 15) is 75.0 Å². The number of hydrogen-bond acceptors (Lipinski definition) is 22. The van der Waals surface area contributed by atoms with Gasteiger partial charge in [-0.2, -0.15) is 13.2 Å². The molecule has 5 aromatic heterocycles. The van der Waals surface area contributed by atoms with Crippen molar-refractivity contribution in [1.29, 1.82) is 0 Å². The molecule has 0 radical (unpaired) electrons. The van der Waals surface area contributed by atoms with E-state index < -0.39 is 238 Å². The number of nitrogens with zero attached hydrogens (tertiary/aromatic N) is 5. The zero-order valence-corrected chi connectivity index (χ0v) is 79.1. The van der Waals surface area contributed by atoms with Gasteiger partial charge in [0.25, 0.3) is 5.91 Å². The van der Waals surface area contributed by atoms with Gasteiger partial charge in [0, 0.05) is 134 Å². The number of amides is 15. The van der Waals surface area contributed by atoms with Crippen molar-refractivity contribution in [2.45, 2.75) is 204 Å². The van der Waals surface area contributed by atoms with E-state index in [0.717, 1.165) is 34.6 Å². The van der Waals surface area contributed by atoms with Crippen molar-refractivity contribution in [2.24, 2.45) is 17.8 Å². The fourth-order valence-electron chi connectivity index (χ4n) is 16.1. The molecule has 38 nitrogen and oxygen atoms in total. The summed E-state index contributed by atoms with van der Waals surface area (Å²) in [7, 11) is -1.46. The van der Waals surface area contributed by atoms with E-state index in [4.69, 9.17) is 0 Å². The normalized spacial score (nSPS) is 15.7. The number of H-pyrrole nitrogens is 3. The third-order valence-corrected chi connectivity index (χ3v) is 26.1. The number of benzene rings is 4. The van der Waals surface area contributed by atoms with Crippen LogP contribution in [0.4, 0.5) is 18.0 Å². The fourth-order valence-corrected chi connectivity index (χ4v) is 17.9. The van der Waals surface area contributed by atoms with Crippen LogP contribution < -0.4 is 58.5 Å². The van der Waals surface area contributed by atoms with Crippen LogP contribution in [0.25, 0.3) is 32.7 Å². The highest BCUT2D eigenvalue weighted by molar-refractivity contribution is 7.90. The zero-order chi connectivity index (χ0) is 99.3. The molecular formula is C92H114F3N19O19S3. The quantitative estimate of drug-likeness (QED) is 0.0257. The van der Waals surface area contributed by atoms with Crippen LogP contribution in [0.3, 0.4) is 0 Å². The number of urea groups is 1. The van der Waals surface area contributed by atoms with Crippen LogP contribution in [-0.4, -0.2) is 265 Å². The molecule has 9 aromatic rings. The number of hydrogen-bond donors (Lipinski definition) is 16. The van der Waals surface area contributed by atoms with Gasteiger partial charge in [0.1, 0.15) is 88.4 Å². The van der Waals surface area contributed by atoms with Gasteiger partial charge in [-0.05, 0) is 96.5 Å². The minimum Gasteiger partial charge on any atom is -0.480 e. The number of likely N-dealkylation sites (N-methyl/N-ethyl adjacent to an activating group) is 2. The second-order valence-electron chi connectivity index (χ2n) is 34.6. The fraction of sp³-hybridized carbons (Fsp3) is 0.446. The second kappa shape index (κ2) is 47.1. The zero-order valence-electron chi connectivity index (χ0n) is 76.6. The van der Waals surface area contributed by atoms with Crippen molar-refractivity contribution in [3.05, 3.63) is 177 Å². The number of carboxylic acids is 1. The molecule has 1 unspecified atom stereocenters. The monoisotopic (exact) mass is 1940 g/mol. The Morgan fingerprint density at radius 3 is 1.40 bits per heavy atom. The van der Waals surface area contributed by atoms with Crippen molar-refractivity contribution < 1.29 is 104 Å². The lowest BCUT2D eigenvalue weighted by atomic mass is 9.96. The van der Waals surface area contributed by atoms with Gasteiger partial charge in [-0.3, -0.25) is 67.6 Å². The standard InChI is InChI=1S/C92H114F3N19O19S3/c1-12-50(6)77(110-84(123)74(39-59-45-135-47-100-59)112(9)87(126)51(7)101-52(8)116)89(128)114-32-19-26-72(114)82(121)109-75(48(2)3)85(124)105-69(36-55-41-97-64-24-17-14-21-61(55)64)81(120)104-68(35-54-40-96-63-23-16-13-20-60(54)63)80(119)103-67(34-53-27-29-57(30-28-53)92(93,94)95)79(118)102-66(31-33-136(11,132)133)78(117)108-76(49(4)5)86(125)111-91(131)107-70(37-56-42-98-65-25-18-15-22-62(56)65)88(127)113(10)73(38-58-44-134-46-99-58)83(122)106-71(43-115)90(129)130/h13-18,20-25,27-30,40-42,44-51,66-77,96-98,115H,12,19,26,31-39,43H2,1-11H3,(H,101,116)(H,102,118)(H,103,119)(H,104,120)(H,105,124)(H,106,122)(H,108,117)(H,109,121)(H,110,123)(H,129,130)(H2,107,111,125,131)/t50-,51-,66-,67+,68+,69+,70-,71-,72-,73-,74-,75?,76+,77-/m0/s1. The van der Waals surface area contributed by atoms with Gasteiger partial charge in [-0.15, -0.1) is 22.7 Å². The van der Waals surface area contributed by atoms with E-state index >= 15 is 28.8 Å². The maximum Gasteiger partial charge on any atom is 0.416 e. The number of aliphatic hydroxyl groups is 1. The number of thiazole rings is 2. The molecule has 6 heterocycles. The van der Waals surface area contributed by atoms with Crippen molar-refractivity contribution >= 4 is 154 Å². The average Bonchev–Trinajstić information content (AvgIpc) is 1.64. The summed E-state index contributed by atoms with van der Waals surface area (Å²) in [4.78, 5) is 239. The number of para-hydroxylation sites is 3. The highest BCUT2D eigenvalue weighted by Gasteiger charge is 2.45. The smallest absolute Gasteiger partial charge is 0.416 e. The number of halogens is 3. The molecule has 1 aliphatic rings. The van der Waals surface area contributed by atoms with Crippen LogP contribution in [0.2, 0.25) is 0 Å². The first-order valence-corrected chi connectivity index (χ1v) is 48.1. The number of aliphatic hydroxyl groups excluding tert-OH is 1. The van der Waals surface area contributed by atoms with E-state index in [2.05, 4.69) is 83.4 Å². The van der Waals surface area contributed by atoms with Crippen LogP contribution in [0.5, 0.6) is 0 Å². The first kappa shape index (κ1) is 105. The molecule has 136 heavy (non-hydrogen) atoms. The number of aromatic nitrogens is 5. The molecule has 1 saturated heterocycles. The van der Waals surface area contributed by atoms with Crippen molar-refractivity contribution in [3.8, 4) is 0 Å². The van der Waals surface area contributed by atoms with Gasteiger partial charge in [-0.25, -0.2) is 28.0 Å². The van der Waals surface area contributed by atoms with Crippen LogP contribution >= 0.6 is 22.7 Å². The maximum absolute atomic E-state index is 15.8. The summed E-state index contributed by atoms with van der Waals surface area (Å²) in [6, 6.07) is 2.57. The number of aliphatic carboxylic acids is 1. The van der Waals surface area contributed by atoms with E-state index in [1.807, 2.05) is 0 Å². The molecule has 0 bridgehead atoms. The molecule has 0 spiro atoms. The second-order valence-corrected chi connectivity index (χ2v) is 38.3. The summed E-state index contributed by atoms with van der Waals surface area (Å²) in [6.07, 6.45) is -1.35. The minimum atomic E-state index is -4.86. The van der Waals surface area contributed by atoms with Crippen LogP contribution in [0.1, 0.15) is 120 Å². The van der Waals surface area contributed by atoms with Crippen LogP contribution in [0.15, 0.2) is 137 Å².